The summed E-state index contributed by atoms with van der Waals surface area (Å²) >= 11 is 0. The van der Waals surface area contributed by atoms with Gasteiger partial charge in [-0.05, 0) is 6.07 Å². The third kappa shape index (κ3) is 1.08. The number of aromatic amines is 1. The van der Waals surface area contributed by atoms with Gasteiger partial charge in [0.1, 0.15) is 17.0 Å². The first-order chi connectivity index (χ1) is 7.36. The normalized spacial score (nSPS) is 10.9. The third-order valence-electron chi connectivity index (χ3n) is 2.16. The molecule has 3 aromatic rings. The van der Waals surface area contributed by atoms with Crippen molar-refractivity contribution < 1.29 is 5.11 Å². The van der Waals surface area contributed by atoms with Crippen molar-refractivity contribution in [2.45, 2.75) is 0 Å². The maximum Gasteiger partial charge on any atom is 0.179 e. The van der Waals surface area contributed by atoms with E-state index in [1.165, 1.54) is 12.3 Å². The van der Waals surface area contributed by atoms with Crippen molar-refractivity contribution in [3.05, 3.63) is 30.7 Å². The van der Waals surface area contributed by atoms with E-state index in [-0.39, 0.29) is 5.75 Å². The van der Waals surface area contributed by atoms with Gasteiger partial charge in [-0.3, -0.25) is 5.10 Å². The number of aromatic hydroxyl groups is 1. The smallest absolute Gasteiger partial charge is 0.179 e. The second-order valence-corrected chi connectivity index (χ2v) is 3.07. The second-order valence-electron chi connectivity index (χ2n) is 3.07. The van der Waals surface area contributed by atoms with Crippen LogP contribution in [-0.2, 0) is 0 Å². The molecule has 0 aliphatic rings. The molecular formula is C9H7N5O. The monoisotopic (exact) mass is 201 g/mol. The van der Waals surface area contributed by atoms with E-state index in [0.717, 1.165) is 5.69 Å². The summed E-state index contributed by atoms with van der Waals surface area (Å²) in [5, 5.41) is 20.3. The van der Waals surface area contributed by atoms with E-state index in [1.54, 1.807) is 23.0 Å². The Morgan fingerprint density at radius 1 is 1.27 bits per heavy atom. The maximum atomic E-state index is 9.56. The van der Waals surface area contributed by atoms with Gasteiger partial charge in [0.25, 0.3) is 0 Å². The number of aromatic nitrogens is 5. The molecule has 0 aromatic carbocycles. The number of fused-ring (bicyclic) bond motifs is 1. The van der Waals surface area contributed by atoms with Gasteiger partial charge in [-0.2, -0.15) is 10.2 Å². The lowest BCUT2D eigenvalue weighted by Crippen LogP contribution is -1.94. The summed E-state index contributed by atoms with van der Waals surface area (Å²) in [6, 6.07) is 3.31. The van der Waals surface area contributed by atoms with Gasteiger partial charge >= 0.3 is 0 Å². The van der Waals surface area contributed by atoms with Gasteiger partial charge in [-0.25, -0.2) is 9.50 Å². The molecule has 0 aliphatic heterocycles. The molecular weight excluding hydrogens is 194 g/mol. The molecule has 0 bridgehead atoms. The highest BCUT2D eigenvalue weighted by atomic mass is 16.3. The molecule has 0 spiro atoms. The molecule has 6 nitrogen and oxygen atoms in total. The number of H-pyrrole nitrogens is 1. The largest absolute Gasteiger partial charge is 0.506 e. The van der Waals surface area contributed by atoms with Gasteiger partial charge in [0.05, 0.1) is 12.4 Å². The summed E-state index contributed by atoms with van der Waals surface area (Å²) in [7, 11) is 0. The first kappa shape index (κ1) is 7.98. The molecule has 0 fully saturated rings. The summed E-state index contributed by atoms with van der Waals surface area (Å²) in [4.78, 5) is 4.17. The van der Waals surface area contributed by atoms with E-state index >= 15 is 0 Å². The Morgan fingerprint density at radius 2 is 2.20 bits per heavy atom. The van der Waals surface area contributed by atoms with Crippen molar-refractivity contribution in [3.63, 3.8) is 0 Å². The molecule has 3 rings (SSSR count). The van der Waals surface area contributed by atoms with Crippen LogP contribution in [0.25, 0.3) is 17.0 Å². The number of imidazole rings is 1. The van der Waals surface area contributed by atoms with Crippen molar-refractivity contribution in [2.75, 3.05) is 0 Å². The minimum atomic E-state index is 0.156. The molecule has 0 radical (unpaired) electrons. The standard InChI is InChI=1S/C9H7N5O/c15-8-2-4-12-14-7(8)5-10-9(14)6-1-3-11-13-6/h1-5,15H,(H,11,13). The molecule has 2 N–H and O–H groups in total. The van der Waals surface area contributed by atoms with Crippen molar-refractivity contribution in [3.8, 4) is 17.3 Å². The van der Waals surface area contributed by atoms with Gasteiger partial charge in [-0.15, -0.1) is 0 Å². The molecule has 0 aliphatic carbocycles. The summed E-state index contributed by atoms with van der Waals surface area (Å²) < 4.78 is 1.56. The quantitative estimate of drug-likeness (QED) is 0.611. The lowest BCUT2D eigenvalue weighted by atomic mass is 10.4. The topological polar surface area (TPSA) is 79.1 Å². The van der Waals surface area contributed by atoms with Crippen LogP contribution >= 0.6 is 0 Å². The van der Waals surface area contributed by atoms with E-state index in [4.69, 9.17) is 0 Å². The van der Waals surface area contributed by atoms with Crippen molar-refractivity contribution >= 4 is 5.52 Å². The van der Waals surface area contributed by atoms with E-state index < -0.39 is 0 Å². The number of nitrogens with zero attached hydrogens (tertiary/aromatic N) is 4. The molecule has 6 heteroatoms. The van der Waals surface area contributed by atoms with Gasteiger partial charge in [0.2, 0.25) is 0 Å². The van der Waals surface area contributed by atoms with Gasteiger partial charge < -0.3 is 5.11 Å². The fraction of sp³-hybridized carbons (Fsp3) is 0. The third-order valence-corrected chi connectivity index (χ3v) is 2.16. The minimum absolute atomic E-state index is 0.156. The van der Waals surface area contributed by atoms with Gasteiger partial charge in [0, 0.05) is 12.3 Å². The Morgan fingerprint density at radius 3 is 3.00 bits per heavy atom. The zero-order valence-corrected chi connectivity index (χ0v) is 7.62. The molecule has 0 atom stereocenters. The van der Waals surface area contributed by atoms with Crippen molar-refractivity contribution in [1.29, 1.82) is 0 Å². The lowest BCUT2D eigenvalue weighted by Gasteiger charge is -1.97. The zero-order chi connectivity index (χ0) is 10.3. The van der Waals surface area contributed by atoms with Crippen LogP contribution in [0.5, 0.6) is 5.75 Å². The fourth-order valence-corrected chi connectivity index (χ4v) is 1.46. The summed E-state index contributed by atoms with van der Waals surface area (Å²) in [5.74, 6) is 0.779. The molecule has 3 aromatic heterocycles. The van der Waals surface area contributed by atoms with Crippen LogP contribution in [-0.4, -0.2) is 29.9 Å². The number of hydrogen-bond acceptors (Lipinski definition) is 4. The highest BCUT2D eigenvalue weighted by molar-refractivity contribution is 5.63. The molecule has 74 valence electrons. The van der Waals surface area contributed by atoms with Crippen molar-refractivity contribution in [1.82, 2.24) is 24.8 Å². The summed E-state index contributed by atoms with van der Waals surface area (Å²) in [6.07, 6.45) is 4.72. The van der Waals surface area contributed by atoms with Crippen LogP contribution in [0.3, 0.4) is 0 Å². The Hall–Kier alpha value is -2.37. The molecule has 0 amide bonds. The Balaban J connectivity index is 2.34. The second kappa shape index (κ2) is 2.81. The average Bonchev–Trinajstić information content (AvgIpc) is 2.85. The molecule has 0 unspecified atom stereocenters. The Labute approximate surface area is 84.2 Å². The predicted octanol–water partition coefficient (Wildman–Crippen LogP) is 0.825. The Kier molecular flexibility index (Phi) is 1.49. The maximum absolute atomic E-state index is 9.56. The number of rotatable bonds is 1. The number of hydrogen-bond donors (Lipinski definition) is 2. The zero-order valence-electron chi connectivity index (χ0n) is 7.62. The highest BCUT2D eigenvalue weighted by Gasteiger charge is 2.10. The fourth-order valence-electron chi connectivity index (χ4n) is 1.46. The predicted molar refractivity (Wildman–Crippen MR) is 52.2 cm³/mol. The van der Waals surface area contributed by atoms with Crippen LogP contribution in [0, 0.1) is 0 Å². The van der Waals surface area contributed by atoms with Crippen LogP contribution in [0.2, 0.25) is 0 Å². The Bertz CT molecular complexity index is 598. The van der Waals surface area contributed by atoms with Crippen LogP contribution in [0.15, 0.2) is 30.7 Å². The van der Waals surface area contributed by atoms with Crippen LogP contribution in [0.1, 0.15) is 0 Å². The number of nitrogens with one attached hydrogen (secondary N) is 1. The van der Waals surface area contributed by atoms with E-state index in [2.05, 4.69) is 20.3 Å². The summed E-state index contributed by atoms with van der Waals surface area (Å²) in [6.45, 7) is 0. The highest BCUT2D eigenvalue weighted by Crippen LogP contribution is 2.21. The lowest BCUT2D eigenvalue weighted by molar-refractivity contribution is 0.477. The van der Waals surface area contributed by atoms with Gasteiger partial charge in [-0.1, -0.05) is 0 Å². The molecule has 0 saturated heterocycles. The summed E-state index contributed by atoms with van der Waals surface area (Å²) in [5.41, 5.74) is 1.33. The molecule has 3 heterocycles. The van der Waals surface area contributed by atoms with E-state index in [0.29, 0.717) is 11.3 Å². The van der Waals surface area contributed by atoms with Crippen molar-refractivity contribution in [2.24, 2.45) is 0 Å². The first-order valence-corrected chi connectivity index (χ1v) is 4.38. The van der Waals surface area contributed by atoms with Gasteiger partial charge in [0.15, 0.2) is 5.82 Å². The first-order valence-electron chi connectivity index (χ1n) is 4.38. The van der Waals surface area contributed by atoms with Crippen LogP contribution < -0.4 is 0 Å². The SMILES string of the molecule is Oc1ccnn2c(-c3ccn[nH]3)ncc12. The molecule has 15 heavy (non-hydrogen) atoms. The van der Waals surface area contributed by atoms with Crippen LogP contribution in [0.4, 0.5) is 0 Å². The average molecular weight is 201 g/mol. The molecule has 0 saturated carbocycles. The van der Waals surface area contributed by atoms with E-state index in [9.17, 15) is 5.11 Å². The van der Waals surface area contributed by atoms with E-state index in [1.807, 2.05) is 0 Å². The minimum Gasteiger partial charge on any atom is -0.506 e.